The Morgan fingerprint density at radius 3 is 2.69 bits per heavy atom. The number of amides is 1. The van der Waals surface area contributed by atoms with Crippen LogP contribution in [0.1, 0.15) is 54.9 Å². The Balaban J connectivity index is 2.02. The molecule has 0 saturated carbocycles. The first kappa shape index (κ1) is 22.9. The molecule has 1 aromatic heterocycles. The van der Waals surface area contributed by atoms with E-state index in [1.165, 1.54) is 11.3 Å². The molecule has 1 aromatic carbocycles. The van der Waals surface area contributed by atoms with Crippen molar-refractivity contribution in [2.24, 2.45) is 4.99 Å². The number of hydrogen-bond donors (Lipinski definition) is 4. The Hall–Kier alpha value is -2.38. The van der Waals surface area contributed by atoms with E-state index < -0.39 is 5.60 Å². The predicted molar refractivity (Wildman–Crippen MR) is 120 cm³/mol. The highest BCUT2D eigenvalue weighted by Crippen LogP contribution is 2.24. The van der Waals surface area contributed by atoms with Crippen LogP contribution in [-0.4, -0.2) is 36.1 Å². The molecule has 0 bridgehead atoms. The zero-order valence-electron chi connectivity index (χ0n) is 17.7. The third kappa shape index (κ3) is 7.18. The fourth-order valence-corrected chi connectivity index (χ4v) is 3.45. The zero-order chi connectivity index (χ0) is 21.3. The molecule has 4 N–H and O–H groups in total. The summed E-state index contributed by atoms with van der Waals surface area (Å²) in [6, 6.07) is 11.5. The van der Waals surface area contributed by atoms with Crippen LogP contribution in [0.4, 0.5) is 0 Å². The van der Waals surface area contributed by atoms with Crippen LogP contribution in [-0.2, 0) is 12.1 Å². The maximum absolute atomic E-state index is 12.3. The Labute approximate surface area is 177 Å². The van der Waals surface area contributed by atoms with Gasteiger partial charge in [0.2, 0.25) is 0 Å². The molecule has 0 spiro atoms. The molecule has 1 amide bonds. The quantitative estimate of drug-likeness (QED) is 0.373. The molecule has 1 heterocycles. The Morgan fingerprint density at radius 1 is 1.24 bits per heavy atom. The number of benzene rings is 1. The normalized spacial score (nSPS) is 14.7. The highest BCUT2D eigenvalue weighted by atomic mass is 32.1. The Morgan fingerprint density at radius 2 is 2.03 bits per heavy atom. The summed E-state index contributed by atoms with van der Waals surface area (Å²) in [5, 5.41) is 22.0. The molecule has 7 heteroatoms. The van der Waals surface area contributed by atoms with Crippen LogP contribution in [0, 0.1) is 0 Å². The van der Waals surface area contributed by atoms with Gasteiger partial charge in [0, 0.05) is 23.0 Å². The standard InChI is InChI=1S/C22H32N4O2S/c1-5-16(3)26-20(27)18-10-7-9-17(13-18)14-24-21(23-6-2)25-15-22(4,28)19-11-8-12-29-19/h7-13,16,28H,5-6,14-15H2,1-4H3,(H,26,27)(H2,23,24,25). The first-order valence-electron chi connectivity index (χ1n) is 10.0. The van der Waals surface area contributed by atoms with Crippen molar-refractivity contribution in [3.05, 3.63) is 57.8 Å². The van der Waals surface area contributed by atoms with Crippen LogP contribution in [0.2, 0.25) is 0 Å². The molecule has 0 saturated heterocycles. The van der Waals surface area contributed by atoms with Crippen molar-refractivity contribution in [3.63, 3.8) is 0 Å². The summed E-state index contributed by atoms with van der Waals surface area (Å²) in [5.74, 6) is 0.556. The van der Waals surface area contributed by atoms with E-state index in [1.807, 2.05) is 62.5 Å². The molecule has 158 valence electrons. The molecular formula is C22H32N4O2S. The van der Waals surface area contributed by atoms with Gasteiger partial charge in [0.15, 0.2) is 5.96 Å². The highest BCUT2D eigenvalue weighted by Gasteiger charge is 2.24. The van der Waals surface area contributed by atoms with Gasteiger partial charge in [0.1, 0.15) is 5.60 Å². The third-order valence-electron chi connectivity index (χ3n) is 4.60. The van der Waals surface area contributed by atoms with E-state index >= 15 is 0 Å². The van der Waals surface area contributed by atoms with Crippen molar-refractivity contribution in [3.8, 4) is 0 Å². The van der Waals surface area contributed by atoms with Crippen LogP contribution in [0.25, 0.3) is 0 Å². The molecule has 2 rings (SSSR count). The molecular weight excluding hydrogens is 384 g/mol. The summed E-state index contributed by atoms with van der Waals surface area (Å²) in [6.07, 6.45) is 0.892. The first-order chi connectivity index (χ1) is 13.9. The summed E-state index contributed by atoms with van der Waals surface area (Å²) in [4.78, 5) is 17.8. The summed E-state index contributed by atoms with van der Waals surface area (Å²) in [5.41, 5.74) is 0.610. The SMILES string of the molecule is CCNC(=NCc1cccc(C(=O)NC(C)CC)c1)NCC(C)(O)c1cccs1. The summed E-state index contributed by atoms with van der Waals surface area (Å²) in [6.45, 7) is 9.30. The van der Waals surface area contributed by atoms with E-state index in [0.717, 1.165) is 16.9 Å². The molecule has 2 aromatic rings. The van der Waals surface area contributed by atoms with Gasteiger partial charge in [-0.05, 0) is 56.3 Å². The van der Waals surface area contributed by atoms with E-state index in [2.05, 4.69) is 20.9 Å². The van der Waals surface area contributed by atoms with Crippen LogP contribution in [0.3, 0.4) is 0 Å². The van der Waals surface area contributed by atoms with Crippen molar-refractivity contribution in [1.82, 2.24) is 16.0 Å². The summed E-state index contributed by atoms with van der Waals surface area (Å²) >= 11 is 1.53. The van der Waals surface area contributed by atoms with Crippen molar-refractivity contribution in [2.75, 3.05) is 13.1 Å². The Kier molecular flexibility index (Phi) is 8.67. The monoisotopic (exact) mass is 416 g/mol. The van der Waals surface area contributed by atoms with Crippen LogP contribution < -0.4 is 16.0 Å². The lowest BCUT2D eigenvalue weighted by Crippen LogP contribution is -2.44. The van der Waals surface area contributed by atoms with Crippen LogP contribution in [0.5, 0.6) is 0 Å². The molecule has 0 aliphatic carbocycles. The van der Waals surface area contributed by atoms with Gasteiger partial charge >= 0.3 is 0 Å². The van der Waals surface area contributed by atoms with Gasteiger partial charge in [-0.1, -0.05) is 25.1 Å². The lowest BCUT2D eigenvalue weighted by Gasteiger charge is -2.23. The van der Waals surface area contributed by atoms with Gasteiger partial charge in [-0.25, -0.2) is 4.99 Å². The molecule has 0 radical (unpaired) electrons. The number of nitrogens with one attached hydrogen (secondary N) is 3. The third-order valence-corrected chi connectivity index (χ3v) is 5.72. The minimum Gasteiger partial charge on any atom is -0.383 e. The second-order valence-corrected chi connectivity index (χ2v) is 8.23. The first-order valence-corrected chi connectivity index (χ1v) is 10.9. The predicted octanol–water partition coefficient (Wildman–Crippen LogP) is 3.24. The van der Waals surface area contributed by atoms with Crippen molar-refractivity contribution < 1.29 is 9.90 Å². The molecule has 29 heavy (non-hydrogen) atoms. The van der Waals surface area contributed by atoms with Crippen LogP contribution >= 0.6 is 11.3 Å². The topological polar surface area (TPSA) is 85.8 Å². The average Bonchev–Trinajstić information content (AvgIpc) is 3.26. The van der Waals surface area contributed by atoms with Gasteiger partial charge in [0.25, 0.3) is 5.91 Å². The lowest BCUT2D eigenvalue weighted by atomic mass is 10.1. The number of rotatable bonds is 9. The number of guanidine groups is 1. The Bertz CT molecular complexity index is 803. The second kappa shape index (κ2) is 11.0. The maximum Gasteiger partial charge on any atom is 0.251 e. The fraction of sp³-hybridized carbons (Fsp3) is 0.455. The number of carbonyl (C=O) groups is 1. The van der Waals surface area contributed by atoms with Gasteiger partial charge in [-0.2, -0.15) is 0 Å². The number of aliphatic imine (C=N–C) groups is 1. The molecule has 0 aliphatic heterocycles. The van der Waals surface area contributed by atoms with E-state index in [0.29, 0.717) is 31.2 Å². The zero-order valence-corrected chi connectivity index (χ0v) is 18.5. The van der Waals surface area contributed by atoms with Gasteiger partial charge < -0.3 is 21.1 Å². The smallest absolute Gasteiger partial charge is 0.251 e. The van der Waals surface area contributed by atoms with E-state index in [1.54, 1.807) is 6.92 Å². The fourth-order valence-electron chi connectivity index (χ4n) is 2.66. The largest absolute Gasteiger partial charge is 0.383 e. The number of carbonyl (C=O) groups excluding carboxylic acids is 1. The van der Waals surface area contributed by atoms with E-state index in [4.69, 9.17) is 0 Å². The minimum atomic E-state index is -0.974. The van der Waals surface area contributed by atoms with Crippen LogP contribution in [0.15, 0.2) is 46.8 Å². The molecule has 6 nitrogen and oxygen atoms in total. The lowest BCUT2D eigenvalue weighted by molar-refractivity contribution is 0.0655. The molecule has 2 atom stereocenters. The highest BCUT2D eigenvalue weighted by molar-refractivity contribution is 7.10. The molecule has 0 aliphatic rings. The van der Waals surface area contributed by atoms with Gasteiger partial charge in [-0.15, -0.1) is 11.3 Å². The van der Waals surface area contributed by atoms with Gasteiger partial charge in [-0.3, -0.25) is 4.79 Å². The van der Waals surface area contributed by atoms with E-state index in [-0.39, 0.29) is 11.9 Å². The number of nitrogens with zero attached hydrogens (tertiary/aromatic N) is 1. The number of thiophene rings is 1. The molecule has 0 fully saturated rings. The van der Waals surface area contributed by atoms with Crippen molar-refractivity contribution in [1.29, 1.82) is 0 Å². The number of aliphatic hydroxyl groups is 1. The number of hydrogen-bond acceptors (Lipinski definition) is 4. The molecule has 2 unspecified atom stereocenters. The minimum absolute atomic E-state index is 0.0674. The average molecular weight is 417 g/mol. The van der Waals surface area contributed by atoms with Crippen molar-refractivity contribution in [2.45, 2.75) is 52.3 Å². The van der Waals surface area contributed by atoms with Crippen molar-refractivity contribution >= 4 is 23.2 Å². The second-order valence-electron chi connectivity index (χ2n) is 7.28. The van der Waals surface area contributed by atoms with Gasteiger partial charge in [0.05, 0.1) is 13.1 Å². The van der Waals surface area contributed by atoms with E-state index in [9.17, 15) is 9.90 Å². The summed E-state index contributed by atoms with van der Waals surface area (Å²) in [7, 11) is 0. The maximum atomic E-state index is 12.3. The summed E-state index contributed by atoms with van der Waals surface area (Å²) < 4.78 is 0.